The molecule has 1 amide bonds. The minimum absolute atomic E-state index is 0.0771. The molecule has 0 atom stereocenters. The highest BCUT2D eigenvalue weighted by molar-refractivity contribution is 7.83. The highest BCUT2D eigenvalue weighted by atomic mass is 32.1. The number of hydrogen-bond acceptors (Lipinski definition) is 9. The van der Waals surface area contributed by atoms with Crippen LogP contribution in [0.4, 0.5) is 5.69 Å². The summed E-state index contributed by atoms with van der Waals surface area (Å²) in [5, 5.41) is 7.66. The van der Waals surface area contributed by atoms with Gasteiger partial charge in [0.05, 0.1) is 12.2 Å². The second kappa shape index (κ2) is 12.0. The lowest BCUT2D eigenvalue weighted by atomic mass is 10.1. The second-order valence-corrected chi connectivity index (χ2v) is 7.17. The molecule has 0 unspecified atom stereocenters. The molecule has 0 spiro atoms. The van der Waals surface area contributed by atoms with Crippen LogP contribution in [0, 0.1) is 0 Å². The Morgan fingerprint density at radius 1 is 1.20 bits per heavy atom. The zero-order valence-electron chi connectivity index (χ0n) is 17.2. The van der Waals surface area contributed by atoms with Gasteiger partial charge < -0.3 is 21.3 Å². The zero-order valence-corrected chi connectivity index (χ0v) is 18.1. The van der Waals surface area contributed by atoms with Crippen molar-refractivity contribution in [1.82, 2.24) is 21.2 Å². The van der Waals surface area contributed by atoms with Crippen molar-refractivity contribution < 1.29 is 9.59 Å². The molecule has 30 heavy (non-hydrogen) atoms. The van der Waals surface area contributed by atoms with Crippen molar-refractivity contribution in [2.24, 2.45) is 11.6 Å². The molecule has 1 aliphatic rings. The predicted molar refractivity (Wildman–Crippen MR) is 123 cm³/mol. The van der Waals surface area contributed by atoms with E-state index in [0.29, 0.717) is 12.0 Å². The van der Waals surface area contributed by atoms with Crippen LogP contribution in [0.5, 0.6) is 0 Å². The van der Waals surface area contributed by atoms with Gasteiger partial charge in [-0.05, 0) is 30.4 Å². The van der Waals surface area contributed by atoms with Crippen LogP contribution in [0.1, 0.15) is 31.2 Å². The zero-order chi connectivity index (χ0) is 21.9. The van der Waals surface area contributed by atoms with E-state index in [1.165, 1.54) is 36.8 Å². The summed E-state index contributed by atoms with van der Waals surface area (Å²) in [6.45, 7) is 1.92. The van der Waals surface area contributed by atoms with Gasteiger partial charge in [0.25, 0.3) is 5.91 Å². The van der Waals surface area contributed by atoms with Crippen LogP contribution in [0.2, 0.25) is 0 Å². The molecule has 0 saturated carbocycles. The first kappa shape index (κ1) is 23.4. The van der Waals surface area contributed by atoms with Gasteiger partial charge in [-0.25, -0.2) is 5.84 Å². The van der Waals surface area contributed by atoms with Crippen LogP contribution in [0.25, 0.3) is 5.70 Å². The highest BCUT2D eigenvalue weighted by Gasteiger charge is 2.14. The number of benzene rings is 1. The molecule has 2 rings (SSSR count). The number of nitrogens with zero attached hydrogens (tertiary/aromatic N) is 2. The van der Waals surface area contributed by atoms with Crippen molar-refractivity contribution in [2.75, 3.05) is 31.6 Å². The summed E-state index contributed by atoms with van der Waals surface area (Å²) in [6, 6.07) is 8.05. The normalized spacial score (nSPS) is 15.6. The lowest BCUT2D eigenvalue weighted by Crippen LogP contribution is -2.50. The maximum Gasteiger partial charge on any atom is 0.274 e. The molecule has 0 bridgehead atoms. The first-order valence-corrected chi connectivity index (χ1v) is 10.4. The topological polar surface area (TPSA) is 129 Å². The average Bonchev–Trinajstić information content (AvgIpc) is 3.07. The number of carbonyl (C=O) groups is 2. The van der Waals surface area contributed by atoms with E-state index in [9.17, 15) is 9.59 Å². The van der Waals surface area contributed by atoms with Gasteiger partial charge in [0.1, 0.15) is 11.5 Å². The fourth-order valence-electron chi connectivity index (χ4n) is 3.13. The van der Waals surface area contributed by atoms with Crippen LogP contribution < -0.4 is 32.5 Å². The largest absolute Gasteiger partial charge is 0.384 e. The molecule has 1 aliphatic heterocycles. The molecule has 0 aliphatic carbocycles. The Bertz CT molecular complexity index is 772. The SMILES string of the molecule is CN/C(N)=C(\C=O)NCC(=O)N(N)N/C(=C\S)c1ccc(N2CCCCCC2)cc1. The van der Waals surface area contributed by atoms with E-state index in [4.69, 9.17) is 11.6 Å². The third kappa shape index (κ3) is 6.60. The molecule has 7 N–H and O–H groups in total. The molecule has 9 nitrogen and oxygen atoms in total. The number of hydrazine groups is 2. The number of allylic oxidation sites excluding steroid dienone is 1. The van der Waals surface area contributed by atoms with E-state index in [1.807, 2.05) is 12.1 Å². The summed E-state index contributed by atoms with van der Waals surface area (Å²) in [5.41, 5.74) is 11.1. The van der Waals surface area contributed by atoms with Gasteiger partial charge in [-0.15, -0.1) is 12.6 Å². The summed E-state index contributed by atoms with van der Waals surface area (Å²) < 4.78 is 0. The summed E-state index contributed by atoms with van der Waals surface area (Å²) >= 11 is 4.23. The van der Waals surface area contributed by atoms with Crippen molar-refractivity contribution in [1.29, 1.82) is 0 Å². The van der Waals surface area contributed by atoms with Crippen LogP contribution in [0.3, 0.4) is 0 Å². The van der Waals surface area contributed by atoms with Gasteiger partial charge >= 0.3 is 0 Å². The fourth-order valence-corrected chi connectivity index (χ4v) is 3.34. The smallest absolute Gasteiger partial charge is 0.274 e. The number of anilines is 1. The first-order valence-electron chi connectivity index (χ1n) is 9.90. The number of nitrogens with two attached hydrogens (primary N) is 2. The van der Waals surface area contributed by atoms with Crippen molar-refractivity contribution in [3.8, 4) is 0 Å². The van der Waals surface area contributed by atoms with Gasteiger partial charge in [-0.3, -0.25) is 15.0 Å². The molecule has 1 heterocycles. The Morgan fingerprint density at radius 2 is 1.83 bits per heavy atom. The Hall–Kier alpha value is -2.85. The molecule has 1 saturated heterocycles. The number of nitrogens with one attached hydrogen (secondary N) is 3. The average molecular weight is 434 g/mol. The highest BCUT2D eigenvalue weighted by Crippen LogP contribution is 2.22. The number of thiol groups is 1. The third-order valence-corrected chi connectivity index (χ3v) is 5.15. The van der Waals surface area contributed by atoms with Gasteiger partial charge in [0, 0.05) is 31.4 Å². The van der Waals surface area contributed by atoms with Crippen molar-refractivity contribution in [2.45, 2.75) is 25.7 Å². The van der Waals surface area contributed by atoms with Gasteiger partial charge in [0.15, 0.2) is 6.29 Å². The van der Waals surface area contributed by atoms with Crippen LogP contribution in [-0.2, 0) is 9.59 Å². The molecule has 0 radical (unpaired) electrons. The summed E-state index contributed by atoms with van der Waals surface area (Å²) in [5.74, 6) is 5.47. The Balaban J connectivity index is 1.97. The van der Waals surface area contributed by atoms with Gasteiger partial charge in [0.2, 0.25) is 0 Å². The molecule has 1 aromatic carbocycles. The fraction of sp³-hybridized carbons (Fsp3) is 0.400. The first-order chi connectivity index (χ1) is 14.5. The monoisotopic (exact) mass is 433 g/mol. The van der Waals surface area contributed by atoms with Gasteiger partial charge in [-0.1, -0.05) is 25.0 Å². The molecule has 1 fully saturated rings. The minimum Gasteiger partial charge on any atom is -0.384 e. The second-order valence-electron chi connectivity index (χ2n) is 6.92. The van der Waals surface area contributed by atoms with E-state index in [0.717, 1.165) is 23.8 Å². The molecule has 0 aromatic heterocycles. The maximum atomic E-state index is 12.3. The molecular formula is C20H31N7O2S. The Kier molecular flexibility index (Phi) is 9.36. The number of carbonyl (C=O) groups excluding carboxylic acids is 2. The Morgan fingerprint density at radius 3 is 2.37 bits per heavy atom. The van der Waals surface area contributed by atoms with Crippen molar-refractivity contribution >= 4 is 36.2 Å². The maximum absolute atomic E-state index is 12.3. The number of rotatable bonds is 9. The molecule has 164 valence electrons. The van der Waals surface area contributed by atoms with Crippen LogP contribution >= 0.6 is 12.6 Å². The third-order valence-electron chi connectivity index (χ3n) is 4.90. The van der Waals surface area contributed by atoms with Crippen molar-refractivity contribution in [3.05, 3.63) is 46.8 Å². The molecule has 10 heteroatoms. The lowest BCUT2D eigenvalue weighted by molar-refractivity contribution is -0.132. The quantitative estimate of drug-likeness (QED) is 0.0836. The van der Waals surface area contributed by atoms with Crippen LogP contribution in [0.15, 0.2) is 41.2 Å². The number of amides is 1. The summed E-state index contributed by atoms with van der Waals surface area (Å²) in [4.78, 5) is 25.7. The molecular weight excluding hydrogens is 402 g/mol. The van der Waals surface area contributed by atoms with E-state index in [2.05, 4.69) is 45.7 Å². The van der Waals surface area contributed by atoms with E-state index in [-0.39, 0.29) is 18.1 Å². The number of aldehydes is 1. The minimum atomic E-state index is -0.493. The molecule has 1 aromatic rings. The van der Waals surface area contributed by atoms with E-state index in [1.54, 1.807) is 7.05 Å². The Labute approximate surface area is 182 Å². The summed E-state index contributed by atoms with van der Waals surface area (Å²) in [6.07, 6.45) is 5.52. The number of hydrogen-bond donors (Lipinski definition) is 6. The summed E-state index contributed by atoms with van der Waals surface area (Å²) in [7, 11) is 1.57. The van der Waals surface area contributed by atoms with E-state index >= 15 is 0 Å². The van der Waals surface area contributed by atoms with Crippen LogP contribution in [-0.4, -0.2) is 44.0 Å². The standard InChI is InChI=1S/C20H31N7O2S/c1-23-20(21)17(13-28)24-12-19(29)27(22)25-18(14-30)15-6-8-16(9-7-15)26-10-4-2-3-5-11-26/h6-9,13-14,23-25,30H,2-5,10-12,21-22H2,1H3/b18-14-,20-17+. The predicted octanol–water partition coefficient (Wildman–Crippen LogP) is 0.638. The lowest BCUT2D eigenvalue weighted by Gasteiger charge is -2.24. The van der Waals surface area contributed by atoms with Crippen molar-refractivity contribution in [3.63, 3.8) is 0 Å². The van der Waals surface area contributed by atoms with Gasteiger partial charge in [-0.2, -0.15) is 5.12 Å². The van der Waals surface area contributed by atoms with E-state index < -0.39 is 5.91 Å².